The number of methoxy groups -OCH3 is 1. The van der Waals surface area contributed by atoms with Crippen molar-refractivity contribution in [2.24, 2.45) is 5.92 Å². The van der Waals surface area contributed by atoms with Crippen LogP contribution in [0.1, 0.15) is 12.8 Å². The summed E-state index contributed by atoms with van der Waals surface area (Å²) in [7, 11) is 1.68. The number of allylic oxidation sites excluding steroid dienone is 4. The van der Waals surface area contributed by atoms with E-state index in [0.717, 1.165) is 19.4 Å². The summed E-state index contributed by atoms with van der Waals surface area (Å²) in [6, 6.07) is 0. The van der Waals surface area contributed by atoms with Crippen LogP contribution >= 0.6 is 0 Å². The van der Waals surface area contributed by atoms with Crippen molar-refractivity contribution in [3.63, 3.8) is 0 Å². The van der Waals surface area contributed by atoms with Crippen LogP contribution in [0.3, 0.4) is 0 Å². The summed E-state index contributed by atoms with van der Waals surface area (Å²) in [6.07, 6.45) is 6.86. The predicted molar refractivity (Wildman–Crippen MR) is 42.9 cm³/mol. The molecule has 0 aromatic carbocycles. The van der Waals surface area contributed by atoms with Gasteiger partial charge in [0, 0.05) is 13.7 Å². The van der Waals surface area contributed by atoms with Crippen molar-refractivity contribution in [3.8, 4) is 0 Å². The first-order valence-corrected chi connectivity index (χ1v) is 3.85. The largest absolute Gasteiger partial charge is 0.385 e. The molecule has 0 aromatic heterocycles. The maximum atomic E-state index is 12.4. The Labute approximate surface area is 66.6 Å². The molecule has 0 aromatic rings. The Balaban J connectivity index is 2.25. The third-order valence-corrected chi connectivity index (χ3v) is 1.84. The minimum Gasteiger partial charge on any atom is -0.385 e. The Morgan fingerprint density at radius 3 is 3.09 bits per heavy atom. The lowest BCUT2D eigenvalue weighted by Crippen LogP contribution is -2.02. The van der Waals surface area contributed by atoms with Gasteiger partial charge in [0.25, 0.3) is 0 Å². The zero-order chi connectivity index (χ0) is 8.10. The SMILES string of the molecule is COCCC1C=CC(F)=CC1. The highest BCUT2D eigenvalue weighted by Gasteiger charge is 2.07. The third-order valence-electron chi connectivity index (χ3n) is 1.84. The zero-order valence-corrected chi connectivity index (χ0v) is 6.72. The fourth-order valence-electron chi connectivity index (χ4n) is 1.12. The number of halogens is 1. The van der Waals surface area contributed by atoms with E-state index in [1.165, 1.54) is 6.08 Å². The molecule has 0 fully saturated rings. The molecule has 62 valence electrons. The van der Waals surface area contributed by atoms with E-state index in [4.69, 9.17) is 4.74 Å². The van der Waals surface area contributed by atoms with Gasteiger partial charge in [0.05, 0.1) is 0 Å². The molecule has 0 saturated carbocycles. The second-order valence-corrected chi connectivity index (χ2v) is 2.73. The fraction of sp³-hybridized carbons (Fsp3) is 0.556. The molecule has 1 unspecified atom stereocenters. The van der Waals surface area contributed by atoms with Crippen LogP contribution in [0.25, 0.3) is 0 Å². The lowest BCUT2D eigenvalue weighted by molar-refractivity contribution is 0.184. The molecular formula is C9H13FO. The average Bonchev–Trinajstić information content (AvgIpc) is 2.04. The molecule has 0 N–H and O–H groups in total. The van der Waals surface area contributed by atoms with Gasteiger partial charge >= 0.3 is 0 Å². The number of rotatable bonds is 3. The summed E-state index contributed by atoms with van der Waals surface area (Å²) >= 11 is 0. The van der Waals surface area contributed by atoms with E-state index >= 15 is 0 Å². The van der Waals surface area contributed by atoms with Crippen molar-refractivity contribution in [3.05, 3.63) is 24.1 Å². The Morgan fingerprint density at radius 2 is 2.55 bits per heavy atom. The molecule has 0 saturated heterocycles. The second kappa shape index (κ2) is 4.29. The molecule has 1 atom stereocenters. The van der Waals surface area contributed by atoms with Gasteiger partial charge in [0.1, 0.15) is 5.83 Å². The van der Waals surface area contributed by atoms with E-state index in [-0.39, 0.29) is 5.83 Å². The Kier molecular flexibility index (Phi) is 3.30. The summed E-state index contributed by atoms with van der Waals surface area (Å²) in [5.41, 5.74) is 0. The van der Waals surface area contributed by atoms with Crippen LogP contribution in [-0.4, -0.2) is 13.7 Å². The van der Waals surface area contributed by atoms with Crippen molar-refractivity contribution in [2.75, 3.05) is 13.7 Å². The highest BCUT2D eigenvalue weighted by molar-refractivity contribution is 5.17. The minimum absolute atomic E-state index is 0.112. The van der Waals surface area contributed by atoms with E-state index in [1.807, 2.05) is 6.08 Å². The summed E-state index contributed by atoms with van der Waals surface area (Å²) in [4.78, 5) is 0. The molecule has 11 heavy (non-hydrogen) atoms. The standard InChI is InChI=1S/C9H13FO/c1-11-7-6-8-2-4-9(10)5-3-8/h2,4-5,8H,3,6-7H2,1H3. The molecule has 1 nitrogen and oxygen atoms in total. The van der Waals surface area contributed by atoms with Crippen LogP contribution in [0.15, 0.2) is 24.1 Å². The molecular weight excluding hydrogens is 143 g/mol. The molecule has 0 spiro atoms. The lowest BCUT2D eigenvalue weighted by atomic mass is 9.97. The van der Waals surface area contributed by atoms with Crippen LogP contribution in [0.2, 0.25) is 0 Å². The van der Waals surface area contributed by atoms with Gasteiger partial charge in [-0.2, -0.15) is 0 Å². The molecule has 1 aliphatic rings. The minimum atomic E-state index is -0.112. The summed E-state index contributed by atoms with van der Waals surface area (Å²) < 4.78 is 17.3. The molecule has 2 heteroatoms. The van der Waals surface area contributed by atoms with Crippen LogP contribution in [0.5, 0.6) is 0 Å². The van der Waals surface area contributed by atoms with Crippen LogP contribution in [-0.2, 0) is 4.74 Å². The van der Waals surface area contributed by atoms with Crippen LogP contribution in [0.4, 0.5) is 4.39 Å². The van der Waals surface area contributed by atoms with Gasteiger partial charge in [-0.25, -0.2) is 4.39 Å². The van der Waals surface area contributed by atoms with Gasteiger partial charge in [0.2, 0.25) is 0 Å². The maximum absolute atomic E-state index is 12.4. The van der Waals surface area contributed by atoms with E-state index in [0.29, 0.717) is 5.92 Å². The van der Waals surface area contributed by atoms with Crippen molar-refractivity contribution in [1.82, 2.24) is 0 Å². The van der Waals surface area contributed by atoms with Gasteiger partial charge in [-0.15, -0.1) is 0 Å². The van der Waals surface area contributed by atoms with Crippen molar-refractivity contribution in [2.45, 2.75) is 12.8 Å². The smallest absolute Gasteiger partial charge is 0.118 e. The van der Waals surface area contributed by atoms with Gasteiger partial charge in [-0.05, 0) is 30.9 Å². The summed E-state index contributed by atoms with van der Waals surface area (Å²) in [5.74, 6) is 0.355. The molecule has 0 amide bonds. The average molecular weight is 156 g/mol. The Morgan fingerprint density at radius 1 is 1.73 bits per heavy atom. The van der Waals surface area contributed by atoms with Gasteiger partial charge in [-0.1, -0.05) is 6.08 Å². The quantitative estimate of drug-likeness (QED) is 0.609. The van der Waals surface area contributed by atoms with Gasteiger partial charge in [-0.3, -0.25) is 0 Å². The third kappa shape index (κ3) is 2.85. The molecule has 0 bridgehead atoms. The topological polar surface area (TPSA) is 9.23 Å². The van der Waals surface area contributed by atoms with Crippen molar-refractivity contribution in [1.29, 1.82) is 0 Å². The van der Waals surface area contributed by atoms with E-state index in [2.05, 4.69) is 0 Å². The van der Waals surface area contributed by atoms with Gasteiger partial charge < -0.3 is 4.74 Å². The number of hydrogen-bond donors (Lipinski definition) is 0. The first-order chi connectivity index (χ1) is 5.33. The molecule has 0 aliphatic heterocycles. The zero-order valence-electron chi connectivity index (χ0n) is 6.72. The lowest BCUT2D eigenvalue weighted by Gasteiger charge is -2.12. The second-order valence-electron chi connectivity index (χ2n) is 2.73. The molecule has 1 rings (SSSR count). The Bertz CT molecular complexity index is 172. The summed E-state index contributed by atoms with van der Waals surface area (Å²) in [6.45, 7) is 0.754. The number of hydrogen-bond acceptors (Lipinski definition) is 1. The van der Waals surface area contributed by atoms with E-state index in [1.54, 1.807) is 13.2 Å². The first kappa shape index (κ1) is 8.47. The van der Waals surface area contributed by atoms with E-state index < -0.39 is 0 Å². The van der Waals surface area contributed by atoms with Gasteiger partial charge in [0.15, 0.2) is 0 Å². The monoisotopic (exact) mass is 156 g/mol. The van der Waals surface area contributed by atoms with Crippen molar-refractivity contribution < 1.29 is 9.13 Å². The number of ether oxygens (including phenoxy) is 1. The fourth-order valence-corrected chi connectivity index (χ4v) is 1.12. The predicted octanol–water partition coefficient (Wildman–Crippen LogP) is 2.45. The highest BCUT2D eigenvalue weighted by atomic mass is 19.1. The highest BCUT2D eigenvalue weighted by Crippen LogP contribution is 2.19. The van der Waals surface area contributed by atoms with Crippen molar-refractivity contribution >= 4 is 0 Å². The normalized spacial score (nSPS) is 23.5. The first-order valence-electron chi connectivity index (χ1n) is 3.85. The molecule has 0 heterocycles. The van der Waals surface area contributed by atoms with Crippen LogP contribution < -0.4 is 0 Å². The molecule has 1 aliphatic carbocycles. The van der Waals surface area contributed by atoms with Crippen LogP contribution in [0, 0.1) is 5.92 Å². The molecule has 0 radical (unpaired) electrons. The Hall–Kier alpha value is -0.630. The summed E-state index contributed by atoms with van der Waals surface area (Å²) in [5, 5.41) is 0. The van der Waals surface area contributed by atoms with E-state index in [9.17, 15) is 4.39 Å². The maximum Gasteiger partial charge on any atom is 0.118 e.